The lowest BCUT2D eigenvalue weighted by Crippen LogP contribution is -2.22. The van der Waals surface area contributed by atoms with E-state index in [4.69, 9.17) is 4.42 Å². The molecule has 0 aliphatic carbocycles. The molecule has 84 valence electrons. The molecule has 1 unspecified atom stereocenters. The monoisotopic (exact) mass is 216 g/mol. The molecule has 0 amide bonds. The lowest BCUT2D eigenvalue weighted by molar-refractivity contribution is 0.485. The van der Waals surface area contributed by atoms with Crippen LogP contribution in [-0.4, -0.2) is 4.98 Å². The van der Waals surface area contributed by atoms with Gasteiger partial charge in [0.15, 0.2) is 0 Å². The van der Waals surface area contributed by atoms with Crippen LogP contribution in [0.4, 0.5) is 0 Å². The lowest BCUT2D eigenvalue weighted by atomic mass is 10.1. The minimum Gasteiger partial charge on any atom is -0.472 e. The van der Waals surface area contributed by atoms with E-state index in [0.717, 1.165) is 5.56 Å². The van der Waals surface area contributed by atoms with Crippen molar-refractivity contribution in [2.24, 2.45) is 0 Å². The number of furan rings is 1. The molecule has 0 spiro atoms. The van der Waals surface area contributed by atoms with Gasteiger partial charge in [-0.05, 0) is 31.5 Å². The first-order chi connectivity index (χ1) is 7.77. The van der Waals surface area contributed by atoms with Crippen molar-refractivity contribution in [1.29, 1.82) is 0 Å². The fraction of sp³-hybridized carbons (Fsp3) is 0.308. The molecule has 3 nitrogen and oxygen atoms in total. The highest BCUT2D eigenvalue weighted by atomic mass is 16.3. The van der Waals surface area contributed by atoms with Crippen molar-refractivity contribution in [1.82, 2.24) is 10.3 Å². The molecule has 1 N–H and O–H groups in total. The van der Waals surface area contributed by atoms with E-state index in [-0.39, 0.29) is 12.1 Å². The number of rotatable bonds is 4. The molecule has 3 heteroatoms. The van der Waals surface area contributed by atoms with Gasteiger partial charge in [-0.2, -0.15) is 0 Å². The second-order valence-electron chi connectivity index (χ2n) is 3.95. The van der Waals surface area contributed by atoms with Crippen molar-refractivity contribution in [2.75, 3.05) is 0 Å². The lowest BCUT2D eigenvalue weighted by Gasteiger charge is -2.19. The minimum atomic E-state index is 0.272. The van der Waals surface area contributed by atoms with Gasteiger partial charge < -0.3 is 9.73 Å². The largest absolute Gasteiger partial charge is 0.472 e. The summed E-state index contributed by atoms with van der Waals surface area (Å²) in [6.45, 7) is 4.26. The summed E-state index contributed by atoms with van der Waals surface area (Å²) < 4.78 is 5.07. The Hall–Kier alpha value is -1.61. The Balaban J connectivity index is 2.00. The molecule has 0 saturated carbocycles. The van der Waals surface area contributed by atoms with Gasteiger partial charge in [0, 0.05) is 30.0 Å². The molecule has 0 fully saturated rings. The third-order valence-corrected chi connectivity index (χ3v) is 2.73. The van der Waals surface area contributed by atoms with E-state index in [2.05, 4.69) is 30.2 Å². The zero-order valence-corrected chi connectivity index (χ0v) is 9.55. The summed E-state index contributed by atoms with van der Waals surface area (Å²) in [5, 5.41) is 3.50. The summed E-state index contributed by atoms with van der Waals surface area (Å²) in [5.41, 5.74) is 2.36. The fourth-order valence-electron chi connectivity index (χ4n) is 1.72. The van der Waals surface area contributed by atoms with E-state index in [0.29, 0.717) is 0 Å². The van der Waals surface area contributed by atoms with E-state index in [1.165, 1.54) is 5.56 Å². The Kier molecular flexibility index (Phi) is 3.37. The van der Waals surface area contributed by atoms with Crippen molar-refractivity contribution >= 4 is 0 Å². The van der Waals surface area contributed by atoms with Crippen LogP contribution < -0.4 is 5.32 Å². The van der Waals surface area contributed by atoms with Crippen LogP contribution in [0, 0.1) is 0 Å². The molecular formula is C13H16N2O. The normalized spacial score (nSPS) is 14.6. The van der Waals surface area contributed by atoms with Crippen LogP contribution in [-0.2, 0) is 0 Å². The molecule has 0 saturated heterocycles. The number of hydrogen-bond acceptors (Lipinski definition) is 3. The number of aromatic nitrogens is 1. The second-order valence-corrected chi connectivity index (χ2v) is 3.95. The zero-order valence-electron chi connectivity index (χ0n) is 9.55. The summed E-state index contributed by atoms with van der Waals surface area (Å²) in [5.74, 6) is 0. The Labute approximate surface area is 95.5 Å². The quantitative estimate of drug-likeness (QED) is 0.853. The van der Waals surface area contributed by atoms with Crippen molar-refractivity contribution in [3.8, 4) is 0 Å². The fourth-order valence-corrected chi connectivity index (χ4v) is 1.72. The van der Waals surface area contributed by atoms with Crippen LogP contribution in [0.5, 0.6) is 0 Å². The van der Waals surface area contributed by atoms with Gasteiger partial charge in [-0.15, -0.1) is 0 Å². The maximum Gasteiger partial charge on any atom is 0.0950 e. The van der Waals surface area contributed by atoms with Crippen LogP contribution in [0.1, 0.15) is 37.1 Å². The number of pyridine rings is 1. The molecule has 0 aliphatic rings. The van der Waals surface area contributed by atoms with Gasteiger partial charge in [0.05, 0.1) is 12.5 Å². The maximum absolute atomic E-state index is 5.07. The molecule has 2 heterocycles. The van der Waals surface area contributed by atoms with Crippen LogP contribution in [0.25, 0.3) is 0 Å². The minimum absolute atomic E-state index is 0.272. The highest BCUT2D eigenvalue weighted by molar-refractivity contribution is 5.15. The highest BCUT2D eigenvalue weighted by Crippen LogP contribution is 2.18. The van der Waals surface area contributed by atoms with E-state index in [9.17, 15) is 0 Å². The van der Waals surface area contributed by atoms with Crippen LogP contribution in [0.3, 0.4) is 0 Å². The molecule has 0 aliphatic heterocycles. The van der Waals surface area contributed by atoms with Crippen LogP contribution >= 0.6 is 0 Å². The van der Waals surface area contributed by atoms with Gasteiger partial charge in [-0.25, -0.2) is 0 Å². The molecule has 0 radical (unpaired) electrons. The number of hydrogen-bond donors (Lipinski definition) is 1. The molecule has 2 atom stereocenters. The highest BCUT2D eigenvalue weighted by Gasteiger charge is 2.11. The van der Waals surface area contributed by atoms with Gasteiger partial charge in [-0.3, -0.25) is 4.98 Å². The van der Waals surface area contributed by atoms with Gasteiger partial charge in [0.25, 0.3) is 0 Å². The van der Waals surface area contributed by atoms with E-state index < -0.39 is 0 Å². The zero-order chi connectivity index (χ0) is 11.4. The SMILES string of the molecule is CC(N[C@@H](C)c1cccnc1)c1ccoc1. The molecule has 0 aromatic carbocycles. The van der Waals surface area contributed by atoms with Gasteiger partial charge in [0.1, 0.15) is 0 Å². The Morgan fingerprint density at radius 3 is 2.62 bits per heavy atom. The average molecular weight is 216 g/mol. The second kappa shape index (κ2) is 4.94. The van der Waals surface area contributed by atoms with E-state index in [1.54, 1.807) is 18.7 Å². The Morgan fingerprint density at radius 2 is 2.00 bits per heavy atom. The summed E-state index contributed by atoms with van der Waals surface area (Å²) in [6.07, 6.45) is 7.14. The standard InChI is InChI=1S/C13H16N2O/c1-10(12-4-3-6-14-8-12)15-11(2)13-5-7-16-9-13/h3-11,15H,1-2H3/t10-,11?/m0/s1. The first-order valence-corrected chi connectivity index (χ1v) is 5.45. The maximum atomic E-state index is 5.07. The van der Waals surface area contributed by atoms with E-state index in [1.807, 2.05) is 18.3 Å². The summed E-state index contributed by atoms with van der Waals surface area (Å²) >= 11 is 0. The first kappa shape index (κ1) is 10.9. The van der Waals surface area contributed by atoms with Crippen molar-refractivity contribution < 1.29 is 4.42 Å². The topological polar surface area (TPSA) is 38.1 Å². The predicted octanol–water partition coefficient (Wildman–Crippen LogP) is 3.09. The smallest absolute Gasteiger partial charge is 0.0950 e. The summed E-state index contributed by atoms with van der Waals surface area (Å²) in [7, 11) is 0. The predicted molar refractivity (Wildman–Crippen MR) is 62.9 cm³/mol. The molecule has 2 rings (SSSR count). The van der Waals surface area contributed by atoms with Crippen molar-refractivity contribution in [3.05, 3.63) is 54.2 Å². The molecule has 2 aromatic heterocycles. The van der Waals surface area contributed by atoms with Crippen LogP contribution in [0.15, 0.2) is 47.5 Å². The Bertz CT molecular complexity index is 411. The van der Waals surface area contributed by atoms with Crippen LogP contribution in [0.2, 0.25) is 0 Å². The summed E-state index contributed by atoms with van der Waals surface area (Å²) in [6, 6.07) is 6.56. The molecule has 2 aromatic rings. The van der Waals surface area contributed by atoms with Crippen molar-refractivity contribution in [2.45, 2.75) is 25.9 Å². The van der Waals surface area contributed by atoms with Gasteiger partial charge in [0.2, 0.25) is 0 Å². The van der Waals surface area contributed by atoms with E-state index >= 15 is 0 Å². The van der Waals surface area contributed by atoms with Crippen molar-refractivity contribution in [3.63, 3.8) is 0 Å². The molecule has 16 heavy (non-hydrogen) atoms. The number of nitrogens with one attached hydrogen (secondary N) is 1. The van der Waals surface area contributed by atoms with Gasteiger partial charge >= 0.3 is 0 Å². The molecular weight excluding hydrogens is 200 g/mol. The third kappa shape index (κ3) is 2.49. The third-order valence-electron chi connectivity index (χ3n) is 2.73. The number of nitrogens with zero attached hydrogens (tertiary/aromatic N) is 1. The first-order valence-electron chi connectivity index (χ1n) is 5.45. The average Bonchev–Trinajstić information content (AvgIpc) is 2.83. The molecule has 0 bridgehead atoms. The Morgan fingerprint density at radius 1 is 1.19 bits per heavy atom. The summed E-state index contributed by atoms with van der Waals surface area (Å²) in [4.78, 5) is 4.12. The van der Waals surface area contributed by atoms with Gasteiger partial charge in [-0.1, -0.05) is 6.07 Å².